The molecular formula is C14H20ClNO2. The van der Waals surface area contributed by atoms with Crippen LogP contribution in [0.15, 0.2) is 18.2 Å². The first kappa shape index (κ1) is 14.8. The number of nitrogens with one attached hydrogen (secondary N) is 1. The number of halogens is 1. The summed E-state index contributed by atoms with van der Waals surface area (Å²) in [5, 5.41) is 3.34. The van der Waals surface area contributed by atoms with Crippen molar-refractivity contribution < 1.29 is 9.53 Å². The Morgan fingerprint density at radius 2 is 2.17 bits per heavy atom. The number of rotatable bonds is 6. The molecule has 0 saturated heterocycles. The Bertz CT molecular complexity index is 405. The Kier molecular flexibility index (Phi) is 5.99. The number of hydrogen-bond acceptors (Lipinski definition) is 2. The van der Waals surface area contributed by atoms with Gasteiger partial charge < -0.3 is 10.1 Å². The predicted octanol–water partition coefficient (Wildman–Crippen LogP) is 3.51. The monoisotopic (exact) mass is 269 g/mol. The number of carbonyl (C=O) groups is 1. The molecule has 0 spiro atoms. The van der Waals surface area contributed by atoms with Crippen molar-refractivity contribution in [2.45, 2.75) is 27.2 Å². The Morgan fingerprint density at radius 3 is 2.72 bits per heavy atom. The van der Waals surface area contributed by atoms with Gasteiger partial charge in [0.1, 0.15) is 5.75 Å². The SMILES string of the molecule is CCOc1ccc(C(=O)NCCC(C)C)cc1Cl. The zero-order valence-corrected chi connectivity index (χ0v) is 11.9. The lowest BCUT2D eigenvalue weighted by Gasteiger charge is -2.09. The van der Waals surface area contributed by atoms with Crippen LogP contribution in [0.4, 0.5) is 0 Å². The molecule has 0 bridgehead atoms. The van der Waals surface area contributed by atoms with Crippen LogP contribution in [0.25, 0.3) is 0 Å². The zero-order valence-electron chi connectivity index (χ0n) is 11.1. The molecule has 0 atom stereocenters. The van der Waals surface area contributed by atoms with Gasteiger partial charge in [-0.25, -0.2) is 0 Å². The maximum absolute atomic E-state index is 11.8. The second-order valence-corrected chi connectivity index (χ2v) is 4.92. The maximum atomic E-state index is 11.8. The first-order chi connectivity index (χ1) is 8.54. The quantitative estimate of drug-likeness (QED) is 0.858. The molecule has 0 heterocycles. The summed E-state index contributed by atoms with van der Waals surface area (Å²) < 4.78 is 5.32. The topological polar surface area (TPSA) is 38.3 Å². The summed E-state index contributed by atoms with van der Waals surface area (Å²) in [5.74, 6) is 1.09. The third kappa shape index (κ3) is 4.57. The highest BCUT2D eigenvalue weighted by Gasteiger charge is 2.09. The van der Waals surface area contributed by atoms with Crippen molar-refractivity contribution in [3.8, 4) is 5.75 Å². The lowest BCUT2D eigenvalue weighted by Crippen LogP contribution is -2.25. The minimum Gasteiger partial charge on any atom is -0.492 e. The lowest BCUT2D eigenvalue weighted by atomic mass is 10.1. The van der Waals surface area contributed by atoms with Gasteiger partial charge in [-0.2, -0.15) is 0 Å². The van der Waals surface area contributed by atoms with Crippen molar-refractivity contribution in [3.05, 3.63) is 28.8 Å². The molecule has 1 N–H and O–H groups in total. The Morgan fingerprint density at radius 1 is 1.44 bits per heavy atom. The van der Waals surface area contributed by atoms with Crippen LogP contribution in [-0.2, 0) is 0 Å². The molecule has 3 nitrogen and oxygen atoms in total. The number of amides is 1. The number of benzene rings is 1. The van der Waals surface area contributed by atoms with Gasteiger partial charge in [0.25, 0.3) is 5.91 Å². The van der Waals surface area contributed by atoms with Gasteiger partial charge in [0.15, 0.2) is 0 Å². The van der Waals surface area contributed by atoms with Crippen molar-refractivity contribution in [1.29, 1.82) is 0 Å². The van der Waals surface area contributed by atoms with Crippen LogP contribution in [0.1, 0.15) is 37.6 Å². The molecule has 0 aliphatic rings. The largest absolute Gasteiger partial charge is 0.492 e. The fourth-order valence-electron chi connectivity index (χ4n) is 1.49. The van der Waals surface area contributed by atoms with E-state index < -0.39 is 0 Å². The van der Waals surface area contributed by atoms with E-state index in [0.29, 0.717) is 35.4 Å². The number of hydrogen-bond donors (Lipinski definition) is 1. The number of ether oxygens (including phenoxy) is 1. The molecule has 100 valence electrons. The molecule has 0 aliphatic carbocycles. The Hall–Kier alpha value is -1.22. The third-order valence-corrected chi connectivity index (χ3v) is 2.80. The van der Waals surface area contributed by atoms with E-state index in [1.807, 2.05) is 6.92 Å². The highest BCUT2D eigenvalue weighted by Crippen LogP contribution is 2.25. The van der Waals surface area contributed by atoms with Gasteiger partial charge in [0, 0.05) is 12.1 Å². The zero-order chi connectivity index (χ0) is 13.5. The minimum atomic E-state index is -0.0967. The molecule has 0 unspecified atom stereocenters. The van der Waals surface area contributed by atoms with Crippen molar-refractivity contribution in [3.63, 3.8) is 0 Å². The van der Waals surface area contributed by atoms with Crippen molar-refractivity contribution in [2.24, 2.45) is 5.92 Å². The summed E-state index contributed by atoms with van der Waals surface area (Å²) in [4.78, 5) is 11.8. The van der Waals surface area contributed by atoms with E-state index >= 15 is 0 Å². The molecule has 0 aromatic heterocycles. The average Bonchev–Trinajstić information content (AvgIpc) is 2.31. The Balaban J connectivity index is 2.61. The first-order valence-corrected chi connectivity index (χ1v) is 6.63. The molecule has 1 amide bonds. The van der Waals surface area contributed by atoms with E-state index in [0.717, 1.165) is 6.42 Å². The van der Waals surface area contributed by atoms with Gasteiger partial charge in [-0.1, -0.05) is 25.4 Å². The van der Waals surface area contributed by atoms with Crippen LogP contribution in [0, 0.1) is 5.92 Å². The van der Waals surface area contributed by atoms with Crippen LogP contribution in [0.5, 0.6) is 5.75 Å². The van der Waals surface area contributed by atoms with Crippen LogP contribution in [-0.4, -0.2) is 19.1 Å². The highest BCUT2D eigenvalue weighted by molar-refractivity contribution is 6.32. The van der Waals surface area contributed by atoms with Crippen molar-refractivity contribution in [1.82, 2.24) is 5.32 Å². The summed E-state index contributed by atoms with van der Waals surface area (Å²) in [6, 6.07) is 5.09. The molecule has 0 saturated carbocycles. The van der Waals surface area contributed by atoms with Crippen LogP contribution >= 0.6 is 11.6 Å². The molecule has 18 heavy (non-hydrogen) atoms. The molecule has 0 aliphatic heterocycles. The molecule has 4 heteroatoms. The molecule has 1 aromatic carbocycles. The van der Waals surface area contributed by atoms with E-state index in [2.05, 4.69) is 19.2 Å². The van der Waals surface area contributed by atoms with E-state index in [4.69, 9.17) is 16.3 Å². The highest BCUT2D eigenvalue weighted by atomic mass is 35.5. The molecule has 0 radical (unpaired) electrons. The second kappa shape index (κ2) is 7.27. The van der Waals surface area contributed by atoms with E-state index in [1.54, 1.807) is 18.2 Å². The first-order valence-electron chi connectivity index (χ1n) is 6.25. The maximum Gasteiger partial charge on any atom is 0.251 e. The number of carbonyl (C=O) groups excluding carboxylic acids is 1. The van der Waals surface area contributed by atoms with Gasteiger partial charge in [-0.05, 0) is 37.5 Å². The van der Waals surface area contributed by atoms with E-state index in [1.165, 1.54) is 0 Å². The Labute approximate surface area is 113 Å². The smallest absolute Gasteiger partial charge is 0.251 e. The summed E-state index contributed by atoms with van der Waals surface area (Å²) in [5.41, 5.74) is 0.562. The molecular weight excluding hydrogens is 250 g/mol. The average molecular weight is 270 g/mol. The fraction of sp³-hybridized carbons (Fsp3) is 0.500. The molecule has 0 fully saturated rings. The fourth-order valence-corrected chi connectivity index (χ4v) is 1.73. The molecule has 1 aromatic rings. The van der Waals surface area contributed by atoms with Crippen molar-refractivity contribution >= 4 is 17.5 Å². The van der Waals surface area contributed by atoms with Crippen molar-refractivity contribution in [2.75, 3.05) is 13.2 Å². The van der Waals surface area contributed by atoms with Crippen LogP contribution in [0.2, 0.25) is 5.02 Å². The van der Waals surface area contributed by atoms with Gasteiger partial charge in [0.05, 0.1) is 11.6 Å². The van der Waals surface area contributed by atoms with Crippen LogP contribution < -0.4 is 10.1 Å². The normalized spacial score (nSPS) is 10.5. The standard InChI is InChI=1S/C14H20ClNO2/c1-4-18-13-6-5-11(9-12(13)15)14(17)16-8-7-10(2)3/h5-6,9-10H,4,7-8H2,1-3H3,(H,16,17). The minimum absolute atomic E-state index is 0.0967. The summed E-state index contributed by atoms with van der Waals surface area (Å²) in [7, 11) is 0. The van der Waals surface area contributed by atoms with Crippen LogP contribution in [0.3, 0.4) is 0 Å². The van der Waals surface area contributed by atoms with Gasteiger partial charge in [-0.15, -0.1) is 0 Å². The van der Waals surface area contributed by atoms with Gasteiger partial charge in [0.2, 0.25) is 0 Å². The lowest BCUT2D eigenvalue weighted by molar-refractivity contribution is 0.0952. The second-order valence-electron chi connectivity index (χ2n) is 4.52. The summed E-state index contributed by atoms with van der Waals surface area (Å²) >= 11 is 6.03. The van der Waals surface area contributed by atoms with Gasteiger partial charge >= 0.3 is 0 Å². The summed E-state index contributed by atoms with van der Waals surface area (Å²) in [6.07, 6.45) is 0.969. The molecule has 1 rings (SSSR count). The summed E-state index contributed by atoms with van der Waals surface area (Å²) in [6.45, 7) is 7.38. The predicted molar refractivity (Wildman–Crippen MR) is 74.4 cm³/mol. The third-order valence-electron chi connectivity index (χ3n) is 2.50. The van der Waals surface area contributed by atoms with E-state index in [9.17, 15) is 4.79 Å². The van der Waals surface area contributed by atoms with E-state index in [-0.39, 0.29) is 5.91 Å². The van der Waals surface area contributed by atoms with Gasteiger partial charge in [-0.3, -0.25) is 4.79 Å².